The predicted octanol–water partition coefficient (Wildman–Crippen LogP) is 2.66. The zero-order valence-electron chi connectivity index (χ0n) is 20.2. The second-order valence-corrected chi connectivity index (χ2v) is 9.82. The minimum absolute atomic E-state index is 0.0532. The van der Waals surface area contributed by atoms with Crippen LogP contribution in [-0.4, -0.2) is 74.4 Å². The number of nitrogens with zero attached hydrogens (tertiary/aromatic N) is 5. The number of ether oxygens (including phenoxy) is 1. The summed E-state index contributed by atoms with van der Waals surface area (Å²) in [4.78, 5) is 26.2. The van der Waals surface area contributed by atoms with Gasteiger partial charge in [0.15, 0.2) is 11.8 Å². The third-order valence-corrected chi connectivity index (χ3v) is 7.50. The molecule has 9 nitrogen and oxygen atoms in total. The molecule has 1 aliphatic heterocycles. The number of carbonyl (C=O) groups excluding carboxylic acids is 1. The number of carbonyl (C=O) groups is 1. The molecule has 188 valence electrons. The molecule has 9 heteroatoms. The summed E-state index contributed by atoms with van der Waals surface area (Å²) < 4.78 is 7.59. The van der Waals surface area contributed by atoms with Crippen LogP contribution >= 0.6 is 0 Å². The van der Waals surface area contributed by atoms with E-state index in [9.17, 15) is 15.0 Å². The van der Waals surface area contributed by atoms with Crippen molar-refractivity contribution in [3.63, 3.8) is 0 Å². The van der Waals surface area contributed by atoms with Crippen molar-refractivity contribution in [1.82, 2.24) is 19.4 Å². The van der Waals surface area contributed by atoms with Crippen LogP contribution < -0.4 is 4.90 Å². The highest BCUT2D eigenvalue weighted by Gasteiger charge is 2.30. The van der Waals surface area contributed by atoms with E-state index in [0.29, 0.717) is 19.4 Å². The molecule has 1 atom stereocenters. The fourth-order valence-corrected chi connectivity index (χ4v) is 5.51. The van der Waals surface area contributed by atoms with Crippen LogP contribution in [0.5, 0.6) is 11.8 Å². The normalized spacial score (nSPS) is 19.9. The molecule has 0 amide bonds. The third-order valence-electron chi connectivity index (χ3n) is 7.50. The molecule has 2 aromatic heterocycles. The molecular weight excluding hydrogens is 446 g/mol. The highest BCUT2D eigenvalue weighted by Crippen LogP contribution is 2.37. The standard InChI is InChI=1S/C26H35N5O4/c32-23-21-9-4-5-10-22(21)24(33)31(23)18-20(35-25(34)19-7-2-1-3-8-19)17-29-13-15-30(16-14-29)26-27-11-6-12-28-26/h4-6,11-12,19-20,32-33H,1-3,7-10,13-18H2. The Bertz CT molecular complexity index is 1010. The predicted molar refractivity (Wildman–Crippen MR) is 131 cm³/mol. The molecular formula is C26H35N5O4. The van der Waals surface area contributed by atoms with Gasteiger partial charge in [0.25, 0.3) is 0 Å². The Labute approximate surface area is 206 Å². The van der Waals surface area contributed by atoms with Crippen LogP contribution in [0.1, 0.15) is 43.2 Å². The molecule has 0 aromatic carbocycles. The molecule has 1 unspecified atom stereocenters. The topological polar surface area (TPSA) is 104 Å². The first-order chi connectivity index (χ1) is 17.1. The first-order valence-corrected chi connectivity index (χ1v) is 12.8. The van der Waals surface area contributed by atoms with Crippen LogP contribution in [0.3, 0.4) is 0 Å². The number of aromatic nitrogens is 3. The fraction of sp³-hybridized carbons (Fsp3) is 0.577. The summed E-state index contributed by atoms with van der Waals surface area (Å²) in [6, 6.07) is 1.81. The number of aromatic hydroxyl groups is 2. The quantitative estimate of drug-likeness (QED) is 0.460. The maximum atomic E-state index is 13.0. The highest BCUT2D eigenvalue weighted by atomic mass is 16.5. The molecule has 1 saturated carbocycles. The molecule has 3 heterocycles. The Hall–Kier alpha value is -3.07. The summed E-state index contributed by atoms with van der Waals surface area (Å²) in [6.07, 6.45) is 13.3. The Morgan fingerprint density at radius 3 is 2.20 bits per heavy atom. The molecule has 2 aromatic rings. The Balaban J connectivity index is 1.28. The first-order valence-electron chi connectivity index (χ1n) is 12.8. The molecule has 0 bridgehead atoms. The molecule has 3 aliphatic rings. The first kappa shape index (κ1) is 23.7. The number of anilines is 1. The second kappa shape index (κ2) is 10.7. The average Bonchev–Trinajstić information content (AvgIpc) is 3.15. The summed E-state index contributed by atoms with van der Waals surface area (Å²) >= 11 is 0. The van der Waals surface area contributed by atoms with E-state index in [2.05, 4.69) is 19.8 Å². The van der Waals surface area contributed by atoms with Gasteiger partial charge in [0.2, 0.25) is 5.95 Å². The molecule has 1 saturated heterocycles. The highest BCUT2D eigenvalue weighted by molar-refractivity contribution is 5.72. The van der Waals surface area contributed by atoms with Gasteiger partial charge in [0.05, 0.1) is 12.5 Å². The fourth-order valence-electron chi connectivity index (χ4n) is 5.51. The van der Waals surface area contributed by atoms with E-state index in [1.807, 2.05) is 18.2 Å². The van der Waals surface area contributed by atoms with Crippen molar-refractivity contribution in [2.75, 3.05) is 37.6 Å². The Kier molecular flexibility index (Phi) is 7.22. The van der Waals surface area contributed by atoms with E-state index in [1.54, 1.807) is 12.4 Å². The van der Waals surface area contributed by atoms with Crippen molar-refractivity contribution < 1.29 is 19.7 Å². The summed E-state index contributed by atoms with van der Waals surface area (Å²) in [5.74, 6) is 0.679. The molecule has 35 heavy (non-hydrogen) atoms. The second-order valence-electron chi connectivity index (χ2n) is 9.82. The zero-order valence-corrected chi connectivity index (χ0v) is 20.2. The minimum atomic E-state index is -0.470. The van der Waals surface area contributed by atoms with E-state index in [1.165, 1.54) is 11.0 Å². The van der Waals surface area contributed by atoms with Gasteiger partial charge in [-0.1, -0.05) is 31.4 Å². The molecule has 2 N–H and O–H groups in total. The number of piperazine rings is 1. The lowest BCUT2D eigenvalue weighted by Gasteiger charge is -2.36. The van der Waals surface area contributed by atoms with Crippen molar-refractivity contribution in [3.05, 3.63) is 41.7 Å². The van der Waals surface area contributed by atoms with E-state index in [4.69, 9.17) is 4.74 Å². The van der Waals surface area contributed by atoms with Gasteiger partial charge in [0.1, 0.15) is 6.10 Å². The Morgan fingerprint density at radius 2 is 1.57 bits per heavy atom. The summed E-state index contributed by atoms with van der Waals surface area (Å²) in [5, 5.41) is 21.7. The number of hydrogen-bond donors (Lipinski definition) is 2. The zero-order chi connectivity index (χ0) is 24.2. The number of fused-ring (bicyclic) bond motifs is 1. The average molecular weight is 482 g/mol. The van der Waals surface area contributed by atoms with Gasteiger partial charge in [-0.15, -0.1) is 0 Å². The van der Waals surface area contributed by atoms with Crippen LogP contribution in [0, 0.1) is 5.92 Å². The number of rotatable bonds is 7. The van der Waals surface area contributed by atoms with Crippen LogP contribution in [0.4, 0.5) is 5.95 Å². The van der Waals surface area contributed by atoms with Crippen molar-refractivity contribution >= 4 is 11.9 Å². The van der Waals surface area contributed by atoms with Crippen LogP contribution in [0.25, 0.3) is 0 Å². The molecule has 0 radical (unpaired) electrons. The van der Waals surface area contributed by atoms with E-state index in [0.717, 1.165) is 68.9 Å². The van der Waals surface area contributed by atoms with Gasteiger partial charge in [-0.2, -0.15) is 0 Å². The van der Waals surface area contributed by atoms with Crippen LogP contribution in [0.2, 0.25) is 0 Å². The molecule has 5 rings (SSSR count). The maximum Gasteiger partial charge on any atom is 0.309 e. The SMILES string of the molecule is O=C(OC(CN1CCN(c2ncccn2)CC1)Cn1c(O)c2c(c1O)CC=CC2)C1CCCCC1. The van der Waals surface area contributed by atoms with Gasteiger partial charge in [-0.25, -0.2) is 9.97 Å². The van der Waals surface area contributed by atoms with E-state index < -0.39 is 6.10 Å². The molecule has 2 fully saturated rings. The summed E-state index contributed by atoms with van der Waals surface area (Å²) in [7, 11) is 0. The van der Waals surface area contributed by atoms with Crippen LogP contribution in [-0.2, 0) is 28.9 Å². The monoisotopic (exact) mass is 481 g/mol. The van der Waals surface area contributed by atoms with E-state index in [-0.39, 0.29) is 30.2 Å². The third kappa shape index (κ3) is 5.29. The van der Waals surface area contributed by atoms with Gasteiger partial charge >= 0.3 is 5.97 Å². The molecule has 0 spiro atoms. The summed E-state index contributed by atoms with van der Waals surface area (Å²) in [6.45, 7) is 3.92. The number of esters is 1. The van der Waals surface area contributed by atoms with Gasteiger partial charge < -0.3 is 19.8 Å². The smallest absolute Gasteiger partial charge is 0.309 e. The minimum Gasteiger partial charge on any atom is -0.494 e. The van der Waals surface area contributed by atoms with Crippen molar-refractivity contribution in [3.8, 4) is 11.8 Å². The Morgan fingerprint density at radius 1 is 0.943 bits per heavy atom. The van der Waals surface area contributed by atoms with Crippen molar-refractivity contribution in [2.45, 2.75) is 57.6 Å². The number of allylic oxidation sites excluding steroid dienone is 2. The summed E-state index contributed by atoms with van der Waals surface area (Å²) in [5.41, 5.74) is 1.53. The lowest BCUT2D eigenvalue weighted by Crippen LogP contribution is -2.50. The van der Waals surface area contributed by atoms with Crippen molar-refractivity contribution in [1.29, 1.82) is 0 Å². The van der Waals surface area contributed by atoms with Gasteiger partial charge in [-0.3, -0.25) is 14.3 Å². The lowest BCUT2D eigenvalue weighted by atomic mass is 9.89. The molecule has 2 aliphatic carbocycles. The largest absolute Gasteiger partial charge is 0.494 e. The van der Waals surface area contributed by atoms with E-state index >= 15 is 0 Å². The van der Waals surface area contributed by atoms with Crippen molar-refractivity contribution in [2.24, 2.45) is 5.92 Å². The number of hydrogen-bond acceptors (Lipinski definition) is 8. The van der Waals surface area contributed by atoms with Gasteiger partial charge in [-0.05, 0) is 31.7 Å². The van der Waals surface area contributed by atoms with Gasteiger partial charge in [0, 0.05) is 56.2 Å². The van der Waals surface area contributed by atoms with Crippen LogP contribution in [0.15, 0.2) is 30.6 Å². The lowest BCUT2D eigenvalue weighted by molar-refractivity contribution is -0.157. The maximum absolute atomic E-state index is 13.0.